The molecule has 2 heterocycles. The summed E-state index contributed by atoms with van der Waals surface area (Å²) in [7, 11) is 4.08. The first kappa shape index (κ1) is 16.6. The molecule has 1 amide bonds. The van der Waals surface area contributed by atoms with Crippen molar-refractivity contribution < 1.29 is 4.79 Å². The molecule has 5 heteroatoms. The Kier molecular flexibility index (Phi) is 4.60. The molecule has 5 nitrogen and oxygen atoms in total. The van der Waals surface area contributed by atoms with Crippen LogP contribution in [0.4, 0.5) is 5.69 Å². The molecular weight excluding hydrogens is 300 g/mol. The van der Waals surface area contributed by atoms with E-state index in [4.69, 9.17) is 0 Å². The largest absolute Gasteiger partial charge is 0.378 e. The van der Waals surface area contributed by atoms with Crippen LogP contribution in [-0.4, -0.2) is 41.2 Å². The van der Waals surface area contributed by atoms with Gasteiger partial charge >= 0.3 is 0 Å². The second kappa shape index (κ2) is 6.67. The Labute approximate surface area is 143 Å². The lowest BCUT2D eigenvalue weighted by atomic mass is 10.0. The number of likely N-dealkylation sites (tertiary alicyclic amines) is 1. The number of amides is 1. The summed E-state index contributed by atoms with van der Waals surface area (Å²) in [6.45, 7) is 5.48. The van der Waals surface area contributed by atoms with Crippen LogP contribution in [0, 0.1) is 6.92 Å². The lowest BCUT2D eigenvalue weighted by Crippen LogP contribution is -2.32. The smallest absolute Gasteiger partial charge is 0.272 e. The minimum atomic E-state index is 0.0928. The van der Waals surface area contributed by atoms with Crippen molar-refractivity contribution >= 4 is 11.6 Å². The number of benzene rings is 1. The molecule has 1 fully saturated rings. The van der Waals surface area contributed by atoms with E-state index in [-0.39, 0.29) is 11.9 Å². The number of hydrogen-bond donors (Lipinski definition) is 0. The minimum Gasteiger partial charge on any atom is -0.378 e. The SMILES string of the molecule is CCn1nc(C)cc1C(=O)N1CCC[C@H]1c1cccc(N(C)C)c1. The van der Waals surface area contributed by atoms with Crippen molar-refractivity contribution in [3.8, 4) is 0 Å². The van der Waals surface area contributed by atoms with Gasteiger partial charge in [-0.05, 0) is 50.5 Å². The summed E-state index contributed by atoms with van der Waals surface area (Å²) in [6, 6.07) is 10.5. The number of carbonyl (C=O) groups excluding carboxylic acids is 1. The van der Waals surface area contributed by atoms with E-state index in [1.165, 1.54) is 11.3 Å². The molecule has 1 aromatic heterocycles. The molecule has 1 aromatic carbocycles. The van der Waals surface area contributed by atoms with Crippen LogP contribution in [0.25, 0.3) is 0 Å². The molecule has 0 saturated carbocycles. The minimum absolute atomic E-state index is 0.0928. The van der Waals surface area contributed by atoms with E-state index < -0.39 is 0 Å². The third-order valence-corrected chi connectivity index (χ3v) is 4.71. The zero-order valence-electron chi connectivity index (χ0n) is 15.0. The molecule has 1 saturated heterocycles. The predicted molar refractivity (Wildman–Crippen MR) is 96.4 cm³/mol. The number of carbonyl (C=O) groups is 1. The lowest BCUT2D eigenvalue weighted by molar-refractivity contribution is 0.0723. The third kappa shape index (κ3) is 3.03. The highest BCUT2D eigenvalue weighted by molar-refractivity contribution is 5.93. The van der Waals surface area contributed by atoms with Crippen molar-refractivity contribution in [2.75, 3.05) is 25.5 Å². The third-order valence-electron chi connectivity index (χ3n) is 4.71. The summed E-state index contributed by atoms with van der Waals surface area (Å²) < 4.78 is 1.81. The lowest BCUT2D eigenvalue weighted by Gasteiger charge is -2.26. The van der Waals surface area contributed by atoms with Crippen molar-refractivity contribution in [2.45, 2.75) is 39.3 Å². The van der Waals surface area contributed by atoms with Gasteiger partial charge in [0, 0.05) is 32.9 Å². The van der Waals surface area contributed by atoms with E-state index in [9.17, 15) is 4.79 Å². The van der Waals surface area contributed by atoms with Crippen LogP contribution in [0.2, 0.25) is 0 Å². The average Bonchev–Trinajstić information content (AvgIpc) is 3.20. The molecule has 0 bridgehead atoms. The number of rotatable bonds is 4. The normalized spacial score (nSPS) is 17.3. The monoisotopic (exact) mass is 326 g/mol. The van der Waals surface area contributed by atoms with Crippen LogP contribution in [0.1, 0.15) is 47.6 Å². The van der Waals surface area contributed by atoms with Crippen molar-refractivity contribution in [1.29, 1.82) is 0 Å². The zero-order chi connectivity index (χ0) is 17.3. The fraction of sp³-hybridized carbons (Fsp3) is 0.474. The first-order chi connectivity index (χ1) is 11.5. The molecule has 1 aliphatic heterocycles. The van der Waals surface area contributed by atoms with Gasteiger partial charge in [0.1, 0.15) is 5.69 Å². The van der Waals surface area contributed by atoms with Crippen molar-refractivity contribution in [3.05, 3.63) is 47.3 Å². The second-order valence-electron chi connectivity index (χ2n) is 6.63. The Hall–Kier alpha value is -2.30. The fourth-order valence-electron chi connectivity index (χ4n) is 3.47. The Morgan fingerprint density at radius 3 is 2.83 bits per heavy atom. The van der Waals surface area contributed by atoms with Gasteiger partial charge in [-0.1, -0.05) is 12.1 Å². The maximum Gasteiger partial charge on any atom is 0.272 e. The Morgan fingerprint density at radius 1 is 1.33 bits per heavy atom. The molecule has 0 unspecified atom stereocenters. The van der Waals surface area contributed by atoms with Crippen molar-refractivity contribution in [2.24, 2.45) is 0 Å². The highest BCUT2D eigenvalue weighted by Crippen LogP contribution is 2.34. The van der Waals surface area contributed by atoms with Crippen LogP contribution >= 0.6 is 0 Å². The molecule has 0 N–H and O–H groups in total. The quantitative estimate of drug-likeness (QED) is 0.866. The van der Waals surface area contributed by atoms with Gasteiger partial charge in [0.2, 0.25) is 0 Å². The number of anilines is 1. The Bertz CT molecular complexity index is 735. The van der Waals surface area contributed by atoms with Crippen LogP contribution in [0.3, 0.4) is 0 Å². The molecule has 0 spiro atoms. The van der Waals surface area contributed by atoms with E-state index in [0.717, 1.165) is 25.1 Å². The Balaban J connectivity index is 1.90. The van der Waals surface area contributed by atoms with E-state index in [1.807, 2.05) is 43.6 Å². The van der Waals surface area contributed by atoms with Crippen molar-refractivity contribution in [3.63, 3.8) is 0 Å². The zero-order valence-corrected chi connectivity index (χ0v) is 15.0. The summed E-state index contributed by atoms with van der Waals surface area (Å²) >= 11 is 0. The predicted octanol–water partition coefficient (Wildman–Crippen LogP) is 3.25. The van der Waals surface area contributed by atoms with Gasteiger partial charge in [-0.15, -0.1) is 0 Å². The Morgan fingerprint density at radius 2 is 2.12 bits per heavy atom. The topological polar surface area (TPSA) is 41.4 Å². The molecule has 128 valence electrons. The van der Waals surface area contributed by atoms with Gasteiger partial charge < -0.3 is 9.80 Å². The van der Waals surface area contributed by atoms with Gasteiger partial charge in [-0.25, -0.2) is 0 Å². The molecule has 0 radical (unpaired) electrons. The number of nitrogens with zero attached hydrogens (tertiary/aromatic N) is 4. The summed E-state index contributed by atoms with van der Waals surface area (Å²) in [5.41, 5.74) is 3.98. The van der Waals surface area contributed by atoms with E-state index in [1.54, 1.807) is 0 Å². The summed E-state index contributed by atoms with van der Waals surface area (Å²) in [6.07, 6.45) is 2.06. The summed E-state index contributed by atoms with van der Waals surface area (Å²) in [5.74, 6) is 0.0928. The second-order valence-corrected chi connectivity index (χ2v) is 6.63. The van der Waals surface area contributed by atoms with Gasteiger partial charge in [-0.3, -0.25) is 9.48 Å². The van der Waals surface area contributed by atoms with Crippen LogP contribution < -0.4 is 4.90 Å². The van der Waals surface area contributed by atoms with Crippen LogP contribution in [0.5, 0.6) is 0 Å². The fourth-order valence-corrected chi connectivity index (χ4v) is 3.47. The number of aryl methyl sites for hydroxylation is 2. The van der Waals surface area contributed by atoms with Gasteiger partial charge in [-0.2, -0.15) is 5.10 Å². The number of aromatic nitrogens is 2. The average molecular weight is 326 g/mol. The molecule has 0 aliphatic carbocycles. The van der Waals surface area contributed by atoms with Gasteiger partial charge in [0.15, 0.2) is 0 Å². The molecule has 2 aromatic rings. The van der Waals surface area contributed by atoms with Gasteiger partial charge in [0.25, 0.3) is 5.91 Å². The van der Waals surface area contributed by atoms with Crippen molar-refractivity contribution in [1.82, 2.24) is 14.7 Å². The highest BCUT2D eigenvalue weighted by atomic mass is 16.2. The maximum atomic E-state index is 13.1. The summed E-state index contributed by atoms with van der Waals surface area (Å²) in [4.78, 5) is 17.2. The standard InChI is InChI=1S/C19H26N4O/c1-5-23-18(12-14(2)20-23)19(24)22-11-7-10-17(22)15-8-6-9-16(13-15)21(3)4/h6,8-9,12-13,17H,5,7,10-11H2,1-4H3/t17-/m0/s1. The summed E-state index contributed by atoms with van der Waals surface area (Å²) in [5, 5.41) is 4.42. The molecule has 3 rings (SSSR count). The molecule has 1 atom stereocenters. The van der Waals surface area contributed by atoms with Crippen LogP contribution in [-0.2, 0) is 6.54 Å². The van der Waals surface area contributed by atoms with E-state index >= 15 is 0 Å². The molecule has 24 heavy (non-hydrogen) atoms. The van der Waals surface area contributed by atoms with E-state index in [0.29, 0.717) is 12.2 Å². The van der Waals surface area contributed by atoms with Crippen LogP contribution in [0.15, 0.2) is 30.3 Å². The molecular formula is C19H26N4O. The number of hydrogen-bond acceptors (Lipinski definition) is 3. The first-order valence-electron chi connectivity index (χ1n) is 8.64. The highest BCUT2D eigenvalue weighted by Gasteiger charge is 2.32. The first-order valence-corrected chi connectivity index (χ1v) is 8.64. The maximum absolute atomic E-state index is 13.1. The van der Waals surface area contributed by atoms with Gasteiger partial charge in [0.05, 0.1) is 11.7 Å². The molecule has 1 aliphatic rings. The van der Waals surface area contributed by atoms with E-state index in [2.05, 4.69) is 34.3 Å².